The van der Waals surface area contributed by atoms with Crippen LogP contribution in [0.15, 0.2) is 30.9 Å². The van der Waals surface area contributed by atoms with Crippen LogP contribution >= 0.6 is 0 Å². The van der Waals surface area contributed by atoms with Gasteiger partial charge in [-0.05, 0) is 12.5 Å². The Hall–Kier alpha value is -2.00. The molecule has 0 spiro atoms. The molecule has 0 unspecified atom stereocenters. The maximum absolute atomic E-state index is 12.3. The largest absolute Gasteiger partial charge is 0.354 e. The number of aromatic nitrogens is 4. The molecule has 130 valence electrons. The summed E-state index contributed by atoms with van der Waals surface area (Å²) in [6.07, 6.45) is 6.63. The molecule has 1 aliphatic rings. The predicted molar refractivity (Wildman–Crippen MR) is 91.6 cm³/mol. The first kappa shape index (κ1) is 16.8. The van der Waals surface area contributed by atoms with Gasteiger partial charge in [0.1, 0.15) is 12.1 Å². The fourth-order valence-electron chi connectivity index (χ4n) is 2.69. The van der Waals surface area contributed by atoms with Crippen molar-refractivity contribution in [2.24, 2.45) is 0 Å². The second kappa shape index (κ2) is 7.27. The first-order chi connectivity index (χ1) is 11.6. The van der Waals surface area contributed by atoms with E-state index in [9.17, 15) is 8.42 Å². The van der Waals surface area contributed by atoms with Gasteiger partial charge in [-0.15, -0.1) is 0 Å². The lowest BCUT2D eigenvalue weighted by Gasteiger charge is -2.34. The Bertz CT molecular complexity index is 754. The molecule has 1 aliphatic heterocycles. The summed E-state index contributed by atoms with van der Waals surface area (Å²) >= 11 is 0. The normalized spacial score (nSPS) is 16.5. The molecule has 0 radical (unpaired) electrons. The van der Waals surface area contributed by atoms with Crippen molar-refractivity contribution in [2.45, 2.75) is 19.8 Å². The highest BCUT2D eigenvalue weighted by molar-refractivity contribution is 7.89. The van der Waals surface area contributed by atoms with E-state index in [0.717, 1.165) is 12.2 Å². The molecule has 2 aromatic heterocycles. The zero-order valence-electron chi connectivity index (χ0n) is 13.7. The van der Waals surface area contributed by atoms with Crippen molar-refractivity contribution in [1.82, 2.24) is 24.1 Å². The number of anilines is 1. The lowest BCUT2D eigenvalue weighted by molar-refractivity contribution is 0.383. The zero-order chi connectivity index (χ0) is 17.0. The van der Waals surface area contributed by atoms with Gasteiger partial charge in [0.25, 0.3) is 0 Å². The van der Waals surface area contributed by atoms with Gasteiger partial charge in [0.05, 0.1) is 5.75 Å². The predicted octanol–water partition coefficient (Wildman–Crippen LogP) is 0.914. The van der Waals surface area contributed by atoms with Crippen LogP contribution in [-0.4, -0.2) is 64.4 Å². The minimum absolute atomic E-state index is 0.237. The fraction of sp³-hybridized carbons (Fsp3) is 0.533. The molecule has 2 aromatic rings. The van der Waals surface area contributed by atoms with E-state index in [1.54, 1.807) is 15.2 Å². The summed E-state index contributed by atoms with van der Waals surface area (Å²) in [7, 11) is -3.13. The van der Waals surface area contributed by atoms with Gasteiger partial charge in [-0.25, -0.2) is 23.1 Å². The van der Waals surface area contributed by atoms with E-state index < -0.39 is 10.0 Å². The summed E-state index contributed by atoms with van der Waals surface area (Å²) in [5.74, 6) is 1.73. The van der Waals surface area contributed by atoms with Gasteiger partial charge in [-0.1, -0.05) is 13.3 Å². The van der Waals surface area contributed by atoms with E-state index in [0.29, 0.717) is 38.4 Å². The van der Waals surface area contributed by atoms with Gasteiger partial charge in [0, 0.05) is 44.6 Å². The van der Waals surface area contributed by atoms with Crippen LogP contribution in [0, 0.1) is 0 Å². The molecule has 0 amide bonds. The summed E-state index contributed by atoms with van der Waals surface area (Å²) in [4.78, 5) is 10.6. The molecule has 0 aliphatic carbocycles. The van der Waals surface area contributed by atoms with Gasteiger partial charge in [0.2, 0.25) is 10.0 Å². The third-order valence-corrected chi connectivity index (χ3v) is 6.05. The van der Waals surface area contributed by atoms with Crippen LogP contribution in [0.25, 0.3) is 5.82 Å². The van der Waals surface area contributed by atoms with Gasteiger partial charge < -0.3 is 4.90 Å². The van der Waals surface area contributed by atoms with E-state index in [4.69, 9.17) is 0 Å². The molecule has 9 heteroatoms. The fourth-order valence-corrected chi connectivity index (χ4v) is 4.32. The standard InChI is InChI=1S/C15H22N6O2S/c1-2-3-11-24(22,23)20-9-7-19(8-10-20)14-12-15(17-13-16-14)21-6-4-5-18-21/h4-6,12-13H,2-3,7-11H2,1H3. The number of piperazine rings is 1. The summed E-state index contributed by atoms with van der Waals surface area (Å²) in [6.45, 7) is 4.24. The monoisotopic (exact) mass is 350 g/mol. The minimum Gasteiger partial charge on any atom is -0.354 e. The van der Waals surface area contributed by atoms with Crippen LogP contribution in [0.3, 0.4) is 0 Å². The number of hydrogen-bond acceptors (Lipinski definition) is 6. The third-order valence-electron chi connectivity index (χ3n) is 4.09. The summed E-state index contributed by atoms with van der Waals surface area (Å²) < 4.78 is 27.8. The molecular weight excluding hydrogens is 328 g/mol. The van der Waals surface area contributed by atoms with E-state index in [1.165, 1.54) is 6.33 Å². The molecule has 8 nitrogen and oxygen atoms in total. The van der Waals surface area contributed by atoms with Crippen molar-refractivity contribution >= 4 is 15.8 Å². The Labute approximate surface area is 142 Å². The lowest BCUT2D eigenvalue weighted by atomic mass is 10.3. The third kappa shape index (κ3) is 3.73. The van der Waals surface area contributed by atoms with Crippen molar-refractivity contribution in [3.05, 3.63) is 30.9 Å². The molecule has 1 saturated heterocycles. The van der Waals surface area contributed by atoms with Gasteiger partial charge in [-0.2, -0.15) is 9.40 Å². The first-order valence-corrected chi connectivity index (χ1v) is 9.76. The van der Waals surface area contributed by atoms with E-state index >= 15 is 0 Å². The van der Waals surface area contributed by atoms with E-state index in [2.05, 4.69) is 20.0 Å². The molecule has 0 saturated carbocycles. The molecule has 3 rings (SSSR count). The smallest absolute Gasteiger partial charge is 0.214 e. The topological polar surface area (TPSA) is 84.2 Å². The van der Waals surface area contributed by atoms with Gasteiger partial charge >= 0.3 is 0 Å². The van der Waals surface area contributed by atoms with Crippen molar-refractivity contribution < 1.29 is 8.42 Å². The van der Waals surface area contributed by atoms with Gasteiger partial charge in [0.15, 0.2) is 5.82 Å². The second-order valence-electron chi connectivity index (χ2n) is 5.74. The Balaban J connectivity index is 1.66. The Morgan fingerprint density at radius 1 is 1.12 bits per heavy atom. The zero-order valence-corrected chi connectivity index (χ0v) is 14.6. The molecule has 0 N–H and O–H groups in total. The SMILES string of the molecule is CCCCS(=O)(=O)N1CCN(c2cc(-n3cccn3)ncn2)CC1. The number of sulfonamides is 1. The van der Waals surface area contributed by atoms with E-state index in [1.807, 2.05) is 25.3 Å². The van der Waals surface area contributed by atoms with Crippen molar-refractivity contribution in [3.8, 4) is 5.82 Å². The molecule has 0 bridgehead atoms. The Morgan fingerprint density at radius 2 is 1.88 bits per heavy atom. The van der Waals surface area contributed by atoms with Crippen molar-refractivity contribution in [2.75, 3.05) is 36.8 Å². The lowest BCUT2D eigenvalue weighted by Crippen LogP contribution is -2.49. The van der Waals surface area contributed by atoms with Crippen LogP contribution in [0.2, 0.25) is 0 Å². The number of rotatable bonds is 6. The highest BCUT2D eigenvalue weighted by Gasteiger charge is 2.27. The number of hydrogen-bond donors (Lipinski definition) is 0. The maximum Gasteiger partial charge on any atom is 0.214 e. The Kier molecular flexibility index (Phi) is 5.10. The van der Waals surface area contributed by atoms with Crippen LogP contribution < -0.4 is 4.90 Å². The summed E-state index contributed by atoms with van der Waals surface area (Å²) in [5, 5.41) is 4.17. The molecule has 0 atom stereocenters. The summed E-state index contributed by atoms with van der Waals surface area (Å²) in [6, 6.07) is 3.70. The van der Waals surface area contributed by atoms with Gasteiger partial charge in [-0.3, -0.25) is 0 Å². The molecule has 3 heterocycles. The second-order valence-corrected chi connectivity index (χ2v) is 7.83. The average molecular weight is 350 g/mol. The minimum atomic E-state index is -3.13. The quantitative estimate of drug-likeness (QED) is 0.770. The highest BCUT2D eigenvalue weighted by atomic mass is 32.2. The van der Waals surface area contributed by atoms with Crippen LogP contribution in [0.4, 0.5) is 5.82 Å². The average Bonchev–Trinajstić information content (AvgIpc) is 3.15. The van der Waals surface area contributed by atoms with Crippen LogP contribution in [-0.2, 0) is 10.0 Å². The van der Waals surface area contributed by atoms with Crippen molar-refractivity contribution in [3.63, 3.8) is 0 Å². The molecule has 0 aromatic carbocycles. The number of nitrogens with zero attached hydrogens (tertiary/aromatic N) is 6. The first-order valence-electron chi connectivity index (χ1n) is 8.15. The molecule has 1 fully saturated rings. The molecule has 24 heavy (non-hydrogen) atoms. The van der Waals surface area contributed by atoms with Crippen LogP contribution in [0.5, 0.6) is 0 Å². The highest BCUT2D eigenvalue weighted by Crippen LogP contribution is 2.17. The number of unbranched alkanes of at least 4 members (excludes halogenated alkanes) is 1. The van der Waals surface area contributed by atoms with Crippen molar-refractivity contribution in [1.29, 1.82) is 0 Å². The van der Waals surface area contributed by atoms with E-state index in [-0.39, 0.29) is 5.75 Å². The Morgan fingerprint density at radius 3 is 2.54 bits per heavy atom. The summed E-state index contributed by atoms with van der Waals surface area (Å²) in [5.41, 5.74) is 0. The molecular formula is C15H22N6O2S. The maximum atomic E-state index is 12.3. The van der Waals surface area contributed by atoms with Crippen LogP contribution in [0.1, 0.15) is 19.8 Å².